The summed E-state index contributed by atoms with van der Waals surface area (Å²) in [5, 5.41) is 5.53. The van der Waals surface area contributed by atoms with Crippen LogP contribution in [0.15, 0.2) is 11.6 Å². The van der Waals surface area contributed by atoms with E-state index in [9.17, 15) is 9.59 Å². The lowest BCUT2D eigenvalue weighted by molar-refractivity contribution is -0.119. The molecule has 8 atom stereocenters. The monoisotopic (exact) mass is 602 g/mol. The second-order valence-corrected chi connectivity index (χ2v) is 15.2. The first kappa shape index (κ1) is 34.3. The molecule has 0 aromatic rings. The topological polar surface area (TPSA) is 85.9 Å². The van der Waals surface area contributed by atoms with Gasteiger partial charge < -0.3 is 24.8 Å². The van der Waals surface area contributed by atoms with Crippen LogP contribution in [-0.4, -0.2) is 57.6 Å². The van der Waals surface area contributed by atoms with Crippen LogP contribution in [-0.2, 0) is 19.0 Å². The maximum absolute atomic E-state index is 12.5. The van der Waals surface area contributed by atoms with Crippen LogP contribution in [0.2, 0.25) is 0 Å². The summed E-state index contributed by atoms with van der Waals surface area (Å²) in [5.74, 6) is 4.98. The largest absolute Gasteiger partial charge is 0.446 e. The molecule has 0 aromatic heterocycles. The van der Waals surface area contributed by atoms with Gasteiger partial charge in [-0.25, -0.2) is 4.79 Å². The highest BCUT2D eigenvalue weighted by Crippen LogP contribution is 2.67. The smallest absolute Gasteiger partial charge is 0.407 e. The molecule has 3 saturated carbocycles. The number of alkyl carbamates (subject to hydrolysis) is 1. The predicted octanol–water partition coefficient (Wildman–Crippen LogP) is 7.29. The maximum Gasteiger partial charge on any atom is 0.407 e. The number of rotatable bonds is 15. The second-order valence-electron chi connectivity index (χ2n) is 15.2. The number of allylic oxidation sites excluding steroid dienone is 1. The van der Waals surface area contributed by atoms with Crippen LogP contribution in [0.5, 0.6) is 0 Å². The van der Waals surface area contributed by atoms with E-state index in [1.54, 1.807) is 5.57 Å². The zero-order chi connectivity index (χ0) is 31.0. The highest BCUT2D eigenvalue weighted by atomic mass is 16.6. The van der Waals surface area contributed by atoms with Crippen molar-refractivity contribution in [3.05, 3.63) is 11.6 Å². The minimum absolute atomic E-state index is 0.0368. The Hall–Kier alpha value is -1.60. The first-order chi connectivity index (χ1) is 20.5. The van der Waals surface area contributed by atoms with Crippen LogP contribution in [0.1, 0.15) is 112 Å². The molecule has 0 aliphatic heterocycles. The summed E-state index contributed by atoms with van der Waals surface area (Å²) >= 11 is 0. The van der Waals surface area contributed by atoms with Gasteiger partial charge in [-0.05, 0) is 91.3 Å². The van der Waals surface area contributed by atoms with E-state index in [1.165, 1.54) is 58.3 Å². The third kappa shape index (κ3) is 8.56. The highest BCUT2D eigenvalue weighted by Gasteiger charge is 2.59. The molecule has 246 valence electrons. The molecule has 0 unspecified atom stereocenters. The van der Waals surface area contributed by atoms with E-state index in [0.29, 0.717) is 44.9 Å². The quantitative estimate of drug-likeness (QED) is 0.152. The SMILES string of the molecule is CC(=O)NCCOCCOCCNC(=O)O[C@H]1CC[C@@]2(C)C(=CC[C@H]3[C@@H]4CC[C@H]([C@H](C)CCCC(C)C)[C@@]4(C)CC[C@@H]32)C1. The van der Waals surface area contributed by atoms with Crippen molar-refractivity contribution in [1.29, 1.82) is 0 Å². The van der Waals surface area contributed by atoms with Crippen molar-refractivity contribution in [3.63, 3.8) is 0 Å². The van der Waals surface area contributed by atoms with Crippen LogP contribution < -0.4 is 10.6 Å². The Morgan fingerprint density at radius 1 is 0.907 bits per heavy atom. The summed E-state index contributed by atoms with van der Waals surface area (Å²) < 4.78 is 16.8. The average molecular weight is 603 g/mol. The normalized spacial score (nSPS) is 34.0. The molecular formula is C36H62N2O5. The van der Waals surface area contributed by atoms with Crippen molar-refractivity contribution in [1.82, 2.24) is 10.6 Å². The molecule has 3 fully saturated rings. The van der Waals surface area contributed by atoms with Gasteiger partial charge in [-0.1, -0.05) is 65.5 Å². The summed E-state index contributed by atoms with van der Waals surface area (Å²) in [4.78, 5) is 23.3. The average Bonchev–Trinajstić information content (AvgIpc) is 3.31. The molecule has 0 saturated heterocycles. The van der Waals surface area contributed by atoms with Gasteiger partial charge in [-0.3, -0.25) is 4.79 Å². The first-order valence-corrected chi connectivity index (χ1v) is 17.6. The van der Waals surface area contributed by atoms with Gasteiger partial charge in [0.15, 0.2) is 0 Å². The van der Waals surface area contributed by atoms with Gasteiger partial charge in [-0.15, -0.1) is 0 Å². The molecule has 7 heteroatoms. The Morgan fingerprint density at radius 2 is 1.63 bits per heavy atom. The van der Waals surface area contributed by atoms with Gasteiger partial charge in [-0.2, -0.15) is 0 Å². The molecule has 43 heavy (non-hydrogen) atoms. The Kier molecular flexibility index (Phi) is 12.4. The lowest BCUT2D eigenvalue weighted by Gasteiger charge is -2.58. The van der Waals surface area contributed by atoms with E-state index in [4.69, 9.17) is 14.2 Å². The highest BCUT2D eigenvalue weighted by molar-refractivity contribution is 5.72. The zero-order valence-corrected chi connectivity index (χ0v) is 28.2. The Morgan fingerprint density at radius 3 is 2.33 bits per heavy atom. The van der Waals surface area contributed by atoms with Crippen LogP contribution in [0, 0.1) is 46.3 Å². The molecule has 7 nitrogen and oxygen atoms in total. The summed E-state index contributed by atoms with van der Waals surface area (Å²) in [6, 6.07) is 0. The van der Waals surface area contributed by atoms with E-state index in [-0.39, 0.29) is 23.5 Å². The summed E-state index contributed by atoms with van der Waals surface area (Å²) in [7, 11) is 0. The number of hydrogen-bond donors (Lipinski definition) is 2. The molecule has 0 heterocycles. The van der Waals surface area contributed by atoms with Gasteiger partial charge >= 0.3 is 6.09 Å². The van der Waals surface area contributed by atoms with E-state index in [0.717, 1.165) is 54.8 Å². The Bertz CT molecular complexity index is 952. The minimum Gasteiger partial charge on any atom is -0.446 e. The molecule has 0 radical (unpaired) electrons. The summed E-state index contributed by atoms with van der Waals surface area (Å²) in [5.41, 5.74) is 2.34. The number of carbonyl (C=O) groups is 2. The van der Waals surface area contributed by atoms with E-state index in [2.05, 4.69) is 51.3 Å². The van der Waals surface area contributed by atoms with Gasteiger partial charge in [0.25, 0.3) is 0 Å². The van der Waals surface area contributed by atoms with Gasteiger partial charge in [0.05, 0.1) is 26.4 Å². The Balaban J connectivity index is 1.19. The van der Waals surface area contributed by atoms with Gasteiger partial charge in [0.1, 0.15) is 6.10 Å². The summed E-state index contributed by atoms with van der Waals surface area (Å²) in [6.45, 7) is 16.7. The van der Waals surface area contributed by atoms with E-state index < -0.39 is 0 Å². The number of nitrogens with one attached hydrogen (secondary N) is 2. The molecule has 0 aromatic carbocycles. The lowest BCUT2D eigenvalue weighted by atomic mass is 9.47. The predicted molar refractivity (Wildman–Crippen MR) is 172 cm³/mol. The minimum atomic E-state index is -0.342. The number of amides is 2. The van der Waals surface area contributed by atoms with Crippen LogP contribution in [0.4, 0.5) is 4.79 Å². The Labute approximate surface area is 262 Å². The van der Waals surface area contributed by atoms with E-state index in [1.807, 2.05) is 0 Å². The van der Waals surface area contributed by atoms with Crippen molar-refractivity contribution < 1.29 is 23.8 Å². The number of fused-ring (bicyclic) bond motifs is 5. The zero-order valence-electron chi connectivity index (χ0n) is 28.2. The van der Waals surface area contributed by atoms with Crippen molar-refractivity contribution >= 4 is 12.0 Å². The molecular weight excluding hydrogens is 540 g/mol. The maximum atomic E-state index is 12.5. The molecule has 4 aliphatic rings. The fourth-order valence-corrected chi connectivity index (χ4v) is 9.79. The molecule has 0 spiro atoms. The standard InChI is InChI=1S/C36H62N2O5/c1-25(2)8-7-9-26(3)31-12-13-32-30-11-10-28-24-29(14-16-35(28,5)33(30)15-17-36(31,32)6)43-34(40)38-19-21-42-23-22-41-20-18-37-27(4)39/h10,25-26,29-33H,7-9,11-24H2,1-6H3,(H,37,39)(H,38,40)/t26-,29+,30+,31-,32+,33+,35+,36-/m1/s1. The van der Waals surface area contributed by atoms with Crippen molar-refractivity contribution in [2.75, 3.05) is 39.5 Å². The van der Waals surface area contributed by atoms with Gasteiger partial charge in [0.2, 0.25) is 5.91 Å². The van der Waals surface area contributed by atoms with Crippen LogP contribution in [0.25, 0.3) is 0 Å². The second kappa shape index (κ2) is 15.6. The fourth-order valence-electron chi connectivity index (χ4n) is 9.79. The molecule has 4 aliphatic carbocycles. The fraction of sp³-hybridized carbons (Fsp3) is 0.889. The molecule has 2 amide bonds. The van der Waals surface area contributed by atoms with Crippen LogP contribution >= 0.6 is 0 Å². The van der Waals surface area contributed by atoms with Crippen molar-refractivity contribution in [3.8, 4) is 0 Å². The number of ether oxygens (including phenoxy) is 3. The molecule has 2 N–H and O–H groups in total. The molecule has 4 rings (SSSR count). The lowest BCUT2D eigenvalue weighted by Crippen LogP contribution is -2.51. The van der Waals surface area contributed by atoms with E-state index >= 15 is 0 Å². The van der Waals surface area contributed by atoms with Crippen molar-refractivity contribution in [2.24, 2.45) is 46.3 Å². The number of carbonyl (C=O) groups excluding carboxylic acids is 2. The summed E-state index contributed by atoms with van der Waals surface area (Å²) in [6.07, 6.45) is 16.2. The third-order valence-electron chi connectivity index (χ3n) is 12.0. The molecule has 0 bridgehead atoms. The number of hydrogen-bond acceptors (Lipinski definition) is 5. The van der Waals surface area contributed by atoms with Crippen LogP contribution in [0.3, 0.4) is 0 Å². The van der Waals surface area contributed by atoms with Gasteiger partial charge in [0, 0.05) is 26.4 Å². The third-order valence-corrected chi connectivity index (χ3v) is 12.0. The first-order valence-electron chi connectivity index (χ1n) is 17.6. The van der Waals surface area contributed by atoms with Crippen molar-refractivity contribution in [2.45, 2.75) is 118 Å².